The molecule has 0 unspecified atom stereocenters. The minimum atomic E-state index is -1.63. The topological polar surface area (TPSA) is 17.1 Å². The van der Waals surface area contributed by atoms with Gasteiger partial charge in [-0.2, -0.15) is 0 Å². The van der Waals surface area contributed by atoms with Gasteiger partial charge in [-0.25, -0.2) is 0 Å². The molecule has 1 radical (unpaired) electrons. The maximum Gasteiger partial charge on any atom is 0.143 e. The summed E-state index contributed by atoms with van der Waals surface area (Å²) in [6.45, 7) is 14.1. The Balaban J connectivity index is 1.92. The van der Waals surface area contributed by atoms with Crippen LogP contribution in [0.4, 0.5) is 0 Å². The summed E-state index contributed by atoms with van der Waals surface area (Å²) in [5, 5.41) is 1.46. The molecule has 0 aromatic heterocycles. The van der Waals surface area contributed by atoms with Gasteiger partial charge >= 0.3 is 0 Å². The molecule has 2 aliphatic rings. The maximum atomic E-state index is 13.5. The fourth-order valence-corrected chi connectivity index (χ4v) is 8.56. The van der Waals surface area contributed by atoms with Gasteiger partial charge in [0.05, 0.1) is 13.5 Å². The monoisotopic (exact) mass is 409 g/mol. The summed E-state index contributed by atoms with van der Waals surface area (Å²) < 4.78 is 0. The van der Waals surface area contributed by atoms with E-state index >= 15 is 0 Å². The number of fused-ring (bicyclic) bond motifs is 1. The van der Waals surface area contributed by atoms with Crippen LogP contribution in [-0.2, 0) is 4.79 Å². The van der Waals surface area contributed by atoms with Crippen molar-refractivity contribution in [2.75, 3.05) is 0 Å². The van der Waals surface area contributed by atoms with Gasteiger partial charge in [0.2, 0.25) is 0 Å². The van der Waals surface area contributed by atoms with Crippen LogP contribution in [0.5, 0.6) is 0 Å². The van der Waals surface area contributed by atoms with E-state index in [2.05, 4.69) is 87.5 Å². The smallest absolute Gasteiger partial charge is 0.143 e. The van der Waals surface area contributed by atoms with Crippen LogP contribution in [0, 0.1) is 23.0 Å². The standard InChI is InChI=1S/C25H37OSi2/c1-20-17-21-13-14-22(19-27(2,3)4)25(21,24(26)18-20)15-10-16-28(5,6)23-11-8-7-9-12-23/h7-12,16,20-21H,13-15,17-18H2,1-6H3/b16-10+,22-19?/t20-,21-,25+/m1/s1. The van der Waals surface area contributed by atoms with E-state index in [-0.39, 0.29) is 5.41 Å². The van der Waals surface area contributed by atoms with Gasteiger partial charge in [0, 0.05) is 6.42 Å². The average molecular weight is 410 g/mol. The van der Waals surface area contributed by atoms with Crippen molar-refractivity contribution >= 4 is 27.1 Å². The highest BCUT2D eigenvalue weighted by Gasteiger charge is 2.54. The summed E-state index contributed by atoms with van der Waals surface area (Å²) in [5.41, 5.74) is 7.48. The molecule has 2 fully saturated rings. The molecule has 0 N–H and O–H groups in total. The highest BCUT2D eigenvalue weighted by atomic mass is 28.3. The van der Waals surface area contributed by atoms with Gasteiger partial charge in [0.25, 0.3) is 0 Å². The van der Waals surface area contributed by atoms with Crippen molar-refractivity contribution in [1.29, 1.82) is 0 Å². The van der Waals surface area contributed by atoms with E-state index in [0.29, 0.717) is 17.6 Å². The van der Waals surface area contributed by atoms with E-state index in [0.717, 1.165) is 19.3 Å². The van der Waals surface area contributed by atoms with Gasteiger partial charge in [-0.05, 0) is 37.5 Å². The van der Waals surface area contributed by atoms with Crippen LogP contribution < -0.4 is 5.19 Å². The Morgan fingerprint density at radius 3 is 2.46 bits per heavy atom. The number of carbonyl (C=O) groups excluding carboxylic acids is 1. The van der Waals surface area contributed by atoms with E-state index in [1.165, 1.54) is 23.6 Å². The molecule has 3 heteroatoms. The molecule has 0 aliphatic heterocycles. The van der Waals surface area contributed by atoms with Crippen molar-refractivity contribution in [2.24, 2.45) is 17.3 Å². The first-order valence-corrected chi connectivity index (χ1v) is 17.5. The number of carbonyl (C=O) groups is 1. The Labute approximate surface area is 174 Å². The second-order valence-corrected chi connectivity index (χ2v) is 19.8. The number of ketones is 1. The predicted molar refractivity (Wildman–Crippen MR) is 126 cm³/mol. The van der Waals surface area contributed by atoms with Crippen LogP contribution in [0.15, 0.2) is 47.7 Å². The summed E-state index contributed by atoms with van der Waals surface area (Å²) in [7, 11) is -3.10. The first-order valence-electron chi connectivity index (χ1n) is 11.0. The lowest BCUT2D eigenvalue weighted by Gasteiger charge is -2.41. The first kappa shape index (κ1) is 21.5. The SMILES string of the molecule is C[C@H]1CC(=O)[C@]2(C/C=C/[Si](C)(C)c3ccccc3)C(=[C][Si](C)(C)C)CC[C@@H]2C1. The number of benzene rings is 1. The van der Waals surface area contributed by atoms with E-state index in [9.17, 15) is 4.79 Å². The van der Waals surface area contributed by atoms with Crippen LogP contribution >= 0.6 is 0 Å². The minimum absolute atomic E-state index is 0.246. The molecule has 28 heavy (non-hydrogen) atoms. The van der Waals surface area contributed by atoms with Crippen molar-refractivity contribution in [2.45, 2.75) is 71.8 Å². The molecule has 3 rings (SSSR count). The van der Waals surface area contributed by atoms with Crippen LogP contribution in [0.2, 0.25) is 32.7 Å². The molecule has 3 atom stereocenters. The van der Waals surface area contributed by atoms with Crippen LogP contribution in [0.25, 0.3) is 0 Å². The summed E-state index contributed by atoms with van der Waals surface area (Å²) in [4.78, 5) is 13.5. The van der Waals surface area contributed by atoms with Crippen LogP contribution in [0.1, 0.15) is 39.0 Å². The van der Waals surface area contributed by atoms with E-state index < -0.39 is 16.1 Å². The maximum absolute atomic E-state index is 13.5. The lowest BCUT2D eigenvalue weighted by molar-refractivity contribution is -0.132. The Hall–Kier alpha value is -1.20. The first-order chi connectivity index (χ1) is 13.0. The molecule has 151 valence electrons. The lowest BCUT2D eigenvalue weighted by atomic mass is 9.61. The molecule has 0 spiro atoms. The zero-order chi connectivity index (χ0) is 20.6. The highest BCUT2D eigenvalue weighted by Crippen LogP contribution is 2.57. The molecule has 0 bridgehead atoms. The van der Waals surface area contributed by atoms with Crippen molar-refractivity contribution < 1.29 is 4.79 Å². The molecule has 0 amide bonds. The molecule has 1 aromatic carbocycles. The third-order valence-corrected chi connectivity index (χ3v) is 10.7. The van der Waals surface area contributed by atoms with E-state index in [1.54, 1.807) is 0 Å². The van der Waals surface area contributed by atoms with Gasteiger partial charge in [-0.15, -0.1) is 0 Å². The fraction of sp³-hybridized carbons (Fsp3) is 0.560. The largest absolute Gasteiger partial charge is 0.299 e. The Bertz CT molecular complexity index is 769. The number of rotatable bonds is 5. The van der Waals surface area contributed by atoms with Gasteiger partial charge in [0.1, 0.15) is 13.9 Å². The number of Topliss-reactive ketones (excluding diaryl/α,β-unsaturated/α-hetero) is 1. The zero-order valence-electron chi connectivity index (χ0n) is 18.6. The van der Waals surface area contributed by atoms with Gasteiger partial charge in [-0.3, -0.25) is 4.79 Å². The highest BCUT2D eigenvalue weighted by molar-refractivity contribution is 6.93. The van der Waals surface area contributed by atoms with Crippen molar-refractivity contribution in [3.63, 3.8) is 0 Å². The summed E-state index contributed by atoms with van der Waals surface area (Å²) in [5.74, 6) is 1.56. The molecule has 0 saturated heterocycles. The Morgan fingerprint density at radius 2 is 1.82 bits per heavy atom. The van der Waals surface area contributed by atoms with Crippen LogP contribution in [-0.4, -0.2) is 21.9 Å². The second-order valence-electron chi connectivity index (χ2n) is 10.7. The molecule has 1 nitrogen and oxygen atoms in total. The van der Waals surface area contributed by atoms with Crippen molar-refractivity contribution in [3.05, 3.63) is 53.4 Å². The van der Waals surface area contributed by atoms with E-state index in [1.807, 2.05) is 0 Å². The van der Waals surface area contributed by atoms with Gasteiger partial charge in [-0.1, -0.05) is 98.2 Å². The Kier molecular flexibility index (Phi) is 6.08. The second kappa shape index (κ2) is 7.91. The number of allylic oxidation sites excluding steroid dienone is 2. The molecular formula is C25H37OSi2. The van der Waals surface area contributed by atoms with E-state index in [4.69, 9.17) is 0 Å². The predicted octanol–water partition coefficient (Wildman–Crippen LogP) is 6.09. The van der Waals surface area contributed by atoms with Gasteiger partial charge in [0.15, 0.2) is 0 Å². The third kappa shape index (κ3) is 4.36. The molecule has 2 aliphatic carbocycles. The average Bonchev–Trinajstić information content (AvgIpc) is 2.93. The molecular weight excluding hydrogens is 372 g/mol. The van der Waals surface area contributed by atoms with Crippen LogP contribution in [0.3, 0.4) is 0 Å². The number of hydrogen-bond acceptors (Lipinski definition) is 1. The zero-order valence-corrected chi connectivity index (χ0v) is 20.6. The third-order valence-electron chi connectivity index (χ3n) is 6.71. The molecule has 0 heterocycles. The molecule has 2 saturated carbocycles. The van der Waals surface area contributed by atoms with Gasteiger partial charge < -0.3 is 0 Å². The quantitative estimate of drug-likeness (QED) is 0.538. The lowest BCUT2D eigenvalue weighted by Crippen LogP contribution is -2.43. The summed E-state index contributed by atoms with van der Waals surface area (Å²) >= 11 is 0. The number of hydrogen-bond donors (Lipinski definition) is 0. The van der Waals surface area contributed by atoms with Crippen molar-refractivity contribution in [3.8, 4) is 0 Å². The molecule has 1 aromatic rings. The Morgan fingerprint density at radius 1 is 1.14 bits per heavy atom. The minimum Gasteiger partial charge on any atom is -0.299 e. The summed E-state index contributed by atoms with van der Waals surface area (Å²) in [6, 6.07) is 10.9. The normalized spacial score (nSPS) is 30.2. The summed E-state index contributed by atoms with van der Waals surface area (Å²) in [6.07, 6.45) is 7.48. The fourth-order valence-electron chi connectivity index (χ4n) is 5.35. The van der Waals surface area contributed by atoms with Crippen molar-refractivity contribution in [1.82, 2.24) is 0 Å².